The summed E-state index contributed by atoms with van der Waals surface area (Å²) in [6.45, 7) is 0. The molecule has 0 fully saturated rings. The van der Waals surface area contributed by atoms with Crippen molar-refractivity contribution in [2.45, 2.75) is 0 Å². The molecule has 39 heavy (non-hydrogen) atoms. The topological polar surface area (TPSA) is 72.8 Å². The van der Waals surface area contributed by atoms with E-state index in [2.05, 4.69) is 0 Å². The molecular formula is C34H22O5. The minimum Gasteiger partial charge on any atom is -0.508 e. The summed E-state index contributed by atoms with van der Waals surface area (Å²) in [5, 5.41) is 13.3. The van der Waals surface area contributed by atoms with Crippen molar-refractivity contribution in [1.82, 2.24) is 0 Å². The second-order valence-corrected chi connectivity index (χ2v) is 9.11. The lowest BCUT2D eigenvalue weighted by atomic mass is 10.0. The largest absolute Gasteiger partial charge is 0.508 e. The van der Waals surface area contributed by atoms with E-state index in [9.17, 15) is 14.7 Å². The van der Waals surface area contributed by atoms with Gasteiger partial charge in [-0.15, -0.1) is 0 Å². The fourth-order valence-corrected chi connectivity index (χ4v) is 4.51. The third-order valence-electron chi connectivity index (χ3n) is 6.49. The Morgan fingerprint density at radius 2 is 1.10 bits per heavy atom. The van der Waals surface area contributed by atoms with Gasteiger partial charge < -0.3 is 14.6 Å². The quantitative estimate of drug-likeness (QED) is 0.189. The molecule has 1 N–H and O–H groups in total. The van der Waals surface area contributed by atoms with Gasteiger partial charge in [0.1, 0.15) is 17.2 Å². The first kappa shape index (κ1) is 23.9. The van der Waals surface area contributed by atoms with E-state index in [1.165, 1.54) is 0 Å². The van der Waals surface area contributed by atoms with Gasteiger partial charge in [0.05, 0.1) is 11.1 Å². The predicted octanol–water partition coefficient (Wildman–Crippen LogP) is 7.80. The van der Waals surface area contributed by atoms with Crippen molar-refractivity contribution in [2.24, 2.45) is 0 Å². The number of aromatic hydroxyl groups is 1. The lowest BCUT2D eigenvalue weighted by molar-refractivity contribution is 0.0720. The number of hydrogen-bond donors (Lipinski definition) is 1. The maximum atomic E-state index is 13.1. The SMILES string of the molecule is O=C(Oc1ccc(OC(=O)c2ccc3cc(O)ccc3c2)c(-c2ccccc2)c1)c1ccc2ccccc2c1. The van der Waals surface area contributed by atoms with Crippen LogP contribution in [0.5, 0.6) is 17.2 Å². The molecule has 0 spiro atoms. The fourth-order valence-electron chi connectivity index (χ4n) is 4.51. The van der Waals surface area contributed by atoms with E-state index < -0.39 is 11.9 Å². The van der Waals surface area contributed by atoms with Crippen molar-refractivity contribution in [2.75, 3.05) is 0 Å². The Morgan fingerprint density at radius 1 is 0.513 bits per heavy atom. The summed E-state index contributed by atoms with van der Waals surface area (Å²) in [7, 11) is 0. The standard InChI is InChI=1S/C34H22O5/c35-29-15-14-25-19-28(13-11-26(25)20-29)34(37)39-32-17-16-30(21-31(32)23-7-2-1-3-8-23)38-33(36)27-12-10-22-6-4-5-9-24(22)18-27/h1-21,35H. The first-order valence-corrected chi connectivity index (χ1v) is 12.4. The number of esters is 2. The van der Waals surface area contributed by atoms with Crippen molar-refractivity contribution < 1.29 is 24.2 Å². The Morgan fingerprint density at radius 3 is 1.87 bits per heavy atom. The van der Waals surface area contributed by atoms with Gasteiger partial charge in [0.2, 0.25) is 0 Å². The summed E-state index contributed by atoms with van der Waals surface area (Å²) in [6, 6.07) is 37.7. The highest BCUT2D eigenvalue weighted by Gasteiger charge is 2.17. The van der Waals surface area contributed by atoms with Crippen LogP contribution in [0, 0.1) is 0 Å². The Kier molecular flexibility index (Phi) is 6.23. The minimum atomic E-state index is -0.525. The van der Waals surface area contributed by atoms with Crippen molar-refractivity contribution >= 4 is 33.5 Å². The van der Waals surface area contributed by atoms with E-state index in [0.717, 1.165) is 27.1 Å². The van der Waals surface area contributed by atoms with Gasteiger partial charge in [-0.3, -0.25) is 0 Å². The molecule has 6 rings (SSSR count). The van der Waals surface area contributed by atoms with E-state index in [0.29, 0.717) is 28.2 Å². The van der Waals surface area contributed by atoms with Crippen LogP contribution < -0.4 is 9.47 Å². The Bertz CT molecular complexity index is 1860. The average Bonchev–Trinajstić information content (AvgIpc) is 2.97. The second kappa shape index (κ2) is 10.1. The molecule has 0 atom stereocenters. The van der Waals surface area contributed by atoms with Gasteiger partial charge in [-0.05, 0) is 81.7 Å². The number of rotatable bonds is 5. The van der Waals surface area contributed by atoms with Gasteiger partial charge in [0.25, 0.3) is 0 Å². The lowest BCUT2D eigenvalue weighted by Crippen LogP contribution is -2.10. The van der Waals surface area contributed by atoms with Crippen LogP contribution >= 0.6 is 0 Å². The van der Waals surface area contributed by atoms with Crippen LogP contribution in [0.2, 0.25) is 0 Å². The van der Waals surface area contributed by atoms with Gasteiger partial charge in [0, 0.05) is 5.56 Å². The normalized spacial score (nSPS) is 10.9. The molecule has 5 nitrogen and oxygen atoms in total. The molecule has 0 aromatic heterocycles. The van der Waals surface area contributed by atoms with E-state index in [-0.39, 0.29) is 5.75 Å². The summed E-state index contributed by atoms with van der Waals surface area (Å²) < 4.78 is 11.5. The third kappa shape index (κ3) is 5.06. The van der Waals surface area contributed by atoms with Crippen molar-refractivity contribution in [3.63, 3.8) is 0 Å². The predicted molar refractivity (Wildman–Crippen MR) is 151 cm³/mol. The van der Waals surface area contributed by atoms with Crippen LogP contribution in [-0.4, -0.2) is 17.0 Å². The zero-order valence-electron chi connectivity index (χ0n) is 20.7. The molecule has 0 saturated heterocycles. The number of benzene rings is 6. The molecule has 0 aliphatic rings. The zero-order valence-corrected chi connectivity index (χ0v) is 20.7. The maximum Gasteiger partial charge on any atom is 0.343 e. The number of fused-ring (bicyclic) bond motifs is 2. The molecule has 0 aliphatic carbocycles. The molecule has 0 aliphatic heterocycles. The monoisotopic (exact) mass is 510 g/mol. The Labute approximate surface area is 224 Å². The molecule has 0 saturated carbocycles. The summed E-state index contributed by atoms with van der Waals surface area (Å²) in [5.74, 6) is -0.179. The maximum absolute atomic E-state index is 13.1. The number of phenolic OH excluding ortho intramolecular Hbond substituents is 1. The van der Waals surface area contributed by atoms with Gasteiger partial charge in [0.15, 0.2) is 0 Å². The molecule has 5 heteroatoms. The smallest absolute Gasteiger partial charge is 0.343 e. The van der Waals surface area contributed by atoms with E-state index in [1.54, 1.807) is 66.7 Å². The van der Waals surface area contributed by atoms with Crippen molar-refractivity contribution in [3.8, 4) is 28.4 Å². The highest BCUT2D eigenvalue weighted by atomic mass is 16.5. The highest BCUT2D eigenvalue weighted by Crippen LogP contribution is 2.35. The minimum absolute atomic E-state index is 0.159. The van der Waals surface area contributed by atoms with Crippen LogP contribution in [-0.2, 0) is 0 Å². The second-order valence-electron chi connectivity index (χ2n) is 9.11. The molecule has 0 unspecified atom stereocenters. The van der Waals surface area contributed by atoms with Gasteiger partial charge in [-0.2, -0.15) is 0 Å². The zero-order chi connectivity index (χ0) is 26.8. The van der Waals surface area contributed by atoms with E-state index >= 15 is 0 Å². The van der Waals surface area contributed by atoms with Crippen molar-refractivity contribution in [3.05, 3.63) is 139 Å². The molecule has 0 heterocycles. The Balaban J connectivity index is 1.29. The summed E-state index contributed by atoms with van der Waals surface area (Å²) in [5.41, 5.74) is 2.23. The van der Waals surface area contributed by atoms with Crippen LogP contribution in [0.15, 0.2) is 127 Å². The fraction of sp³-hybridized carbons (Fsp3) is 0. The number of phenols is 1. The first-order chi connectivity index (χ1) is 19.0. The number of carbonyl (C=O) groups is 2. The summed E-state index contributed by atoms with van der Waals surface area (Å²) in [6.07, 6.45) is 0. The third-order valence-corrected chi connectivity index (χ3v) is 6.49. The lowest BCUT2D eigenvalue weighted by Gasteiger charge is -2.13. The molecule has 0 radical (unpaired) electrons. The average molecular weight is 511 g/mol. The molecule has 0 bridgehead atoms. The van der Waals surface area contributed by atoms with Crippen molar-refractivity contribution in [1.29, 1.82) is 0 Å². The van der Waals surface area contributed by atoms with Gasteiger partial charge in [-0.25, -0.2) is 9.59 Å². The molecule has 0 amide bonds. The van der Waals surface area contributed by atoms with E-state index in [1.807, 2.05) is 60.7 Å². The summed E-state index contributed by atoms with van der Waals surface area (Å²) >= 11 is 0. The van der Waals surface area contributed by atoms with Crippen LogP contribution in [0.3, 0.4) is 0 Å². The molecule has 6 aromatic carbocycles. The molecular weight excluding hydrogens is 488 g/mol. The first-order valence-electron chi connectivity index (χ1n) is 12.4. The van der Waals surface area contributed by atoms with Crippen LogP contribution in [0.1, 0.15) is 20.7 Å². The van der Waals surface area contributed by atoms with Gasteiger partial charge >= 0.3 is 11.9 Å². The Hall–Kier alpha value is -5.42. The summed E-state index contributed by atoms with van der Waals surface area (Å²) in [4.78, 5) is 26.1. The molecule has 188 valence electrons. The molecule has 6 aromatic rings. The number of carbonyl (C=O) groups excluding carboxylic acids is 2. The highest BCUT2D eigenvalue weighted by molar-refractivity contribution is 5.98. The number of ether oxygens (including phenoxy) is 2. The van der Waals surface area contributed by atoms with Crippen LogP contribution in [0.4, 0.5) is 0 Å². The van der Waals surface area contributed by atoms with Gasteiger partial charge in [-0.1, -0.05) is 72.8 Å². The number of hydrogen-bond acceptors (Lipinski definition) is 5. The van der Waals surface area contributed by atoms with Crippen LogP contribution in [0.25, 0.3) is 32.7 Å². The van der Waals surface area contributed by atoms with E-state index in [4.69, 9.17) is 9.47 Å².